The predicted molar refractivity (Wildman–Crippen MR) is 184 cm³/mol. The lowest BCUT2D eigenvalue weighted by atomic mass is 9.87. The summed E-state index contributed by atoms with van der Waals surface area (Å²) < 4.78 is 82.0. The van der Waals surface area contributed by atoms with Gasteiger partial charge in [-0.15, -0.1) is 0 Å². The molecule has 1 saturated carbocycles. The SMILES string of the molecule is FC(F)(F)c1cc(NC(=S)N[C@@H](c2cccc3ccccc23)[C@@H](NC2CCCCCC2)c2cccc3ccccc23)cc(C(F)(F)F)c1. The largest absolute Gasteiger partial charge is 0.416 e. The van der Waals surface area contributed by atoms with Gasteiger partial charge < -0.3 is 16.0 Å². The Labute approximate surface area is 280 Å². The van der Waals surface area contributed by atoms with Crippen LogP contribution in [-0.4, -0.2) is 11.2 Å². The molecular weight excluding hydrogens is 644 g/mol. The number of halogens is 6. The topological polar surface area (TPSA) is 36.1 Å². The summed E-state index contributed by atoms with van der Waals surface area (Å²) in [4.78, 5) is 0. The van der Waals surface area contributed by atoms with Crippen LogP contribution in [0, 0.1) is 0 Å². The molecule has 0 aromatic heterocycles. The zero-order valence-corrected chi connectivity index (χ0v) is 26.8. The van der Waals surface area contributed by atoms with Gasteiger partial charge in [0.05, 0.1) is 23.2 Å². The highest BCUT2D eigenvalue weighted by atomic mass is 32.1. The molecule has 5 aromatic carbocycles. The van der Waals surface area contributed by atoms with Gasteiger partial charge >= 0.3 is 12.4 Å². The Morgan fingerprint density at radius 3 is 1.60 bits per heavy atom. The van der Waals surface area contributed by atoms with Crippen LogP contribution in [0.3, 0.4) is 0 Å². The summed E-state index contributed by atoms with van der Waals surface area (Å²) in [5, 5.41) is 13.9. The molecule has 0 heterocycles. The monoisotopic (exact) mass is 679 g/mol. The van der Waals surface area contributed by atoms with E-state index in [0.29, 0.717) is 12.1 Å². The lowest BCUT2D eigenvalue weighted by molar-refractivity contribution is -0.143. The molecule has 0 bridgehead atoms. The fraction of sp³-hybridized carbons (Fsp3) is 0.289. The third kappa shape index (κ3) is 7.76. The molecule has 0 radical (unpaired) electrons. The molecule has 1 aliphatic carbocycles. The Morgan fingerprint density at radius 2 is 1.08 bits per heavy atom. The number of rotatable bonds is 7. The Balaban J connectivity index is 1.46. The Bertz CT molecular complexity index is 1850. The molecule has 10 heteroatoms. The number of nitrogens with one attached hydrogen (secondary N) is 3. The minimum Gasteiger partial charge on any atom is -0.354 e. The molecule has 0 unspecified atom stereocenters. The van der Waals surface area contributed by atoms with E-state index in [1.54, 1.807) is 0 Å². The van der Waals surface area contributed by atoms with Crippen LogP contribution in [0.5, 0.6) is 0 Å². The van der Waals surface area contributed by atoms with E-state index in [1.807, 2.05) is 72.8 Å². The van der Waals surface area contributed by atoms with Crippen molar-refractivity contribution in [2.75, 3.05) is 5.32 Å². The van der Waals surface area contributed by atoms with Crippen LogP contribution in [-0.2, 0) is 12.4 Å². The van der Waals surface area contributed by atoms with E-state index in [9.17, 15) is 26.3 Å². The highest BCUT2D eigenvalue weighted by Gasteiger charge is 2.37. The van der Waals surface area contributed by atoms with Crippen LogP contribution in [0.25, 0.3) is 21.5 Å². The first-order chi connectivity index (χ1) is 23.0. The van der Waals surface area contributed by atoms with Gasteiger partial charge in [-0.25, -0.2) is 0 Å². The molecule has 1 fully saturated rings. The highest BCUT2D eigenvalue weighted by Crippen LogP contribution is 2.40. The van der Waals surface area contributed by atoms with Gasteiger partial charge in [-0.2, -0.15) is 26.3 Å². The second-order valence-corrected chi connectivity index (χ2v) is 12.7. The van der Waals surface area contributed by atoms with Crippen molar-refractivity contribution in [3.8, 4) is 0 Å². The van der Waals surface area contributed by atoms with Crippen molar-refractivity contribution in [1.82, 2.24) is 10.6 Å². The normalized spacial score (nSPS) is 16.0. The predicted octanol–water partition coefficient (Wildman–Crippen LogP) is 11.1. The van der Waals surface area contributed by atoms with Gasteiger partial charge in [0.2, 0.25) is 0 Å². The van der Waals surface area contributed by atoms with Crippen LogP contribution < -0.4 is 16.0 Å². The van der Waals surface area contributed by atoms with Crippen molar-refractivity contribution in [1.29, 1.82) is 0 Å². The summed E-state index contributed by atoms with van der Waals surface area (Å²) in [5.74, 6) is 0. The van der Waals surface area contributed by atoms with Gasteiger partial charge in [0.15, 0.2) is 5.11 Å². The number of thiocarbonyl (C=S) groups is 1. The van der Waals surface area contributed by atoms with Crippen LogP contribution in [0.1, 0.15) is 72.9 Å². The third-order valence-corrected chi connectivity index (χ3v) is 9.27. The second kappa shape index (κ2) is 14.1. The number of alkyl halides is 6. The number of benzene rings is 5. The van der Waals surface area contributed by atoms with E-state index >= 15 is 0 Å². The number of hydrogen-bond acceptors (Lipinski definition) is 2. The summed E-state index contributed by atoms with van der Waals surface area (Å²) >= 11 is 5.69. The lowest BCUT2D eigenvalue weighted by Crippen LogP contribution is -2.43. The first kappa shape index (κ1) is 33.7. The quantitative estimate of drug-likeness (QED) is 0.0909. The smallest absolute Gasteiger partial charge is 0.354 e. The molecule has 6 rings (SSSR count). The van der Waals surface area contributed by atoms with Gasteiger partial charge in [-0.3, -0.25) is 0 Å². The van der Waals surface area contributed by atoms with Crippen molar-refractivity contribution in [3.05, 3.63) is 125 Å². The van der Waals surface area contributed by atoms with E-state index in [4.69, 9.17) is 12.2 Å². The third-order valence-electron chi connectivity index (χ3n) is 9.05. The minimum absolute atomic E-state index is 0.103. The molecule has 3 nitrogen and oxygen atoms in total. The zero-order valence-electron chi connectivity index (χ0n) is 26.0. The number of hydrogen-bond donors (Lipinski definition) is 3. The molecule has 0 spiro atoms. The summed E-state index contributed by atoms with van der Waals surface area (Å²) in [6.07, 6.45) is -3.51. The summed E-state index contributed by atoms with van der Waals surface area (Å²) in [6, 6.07) is 28.6. The summed E-state index contributed by atoms with van der Waals surface area (Å²) in [5.41, 5.74) is -1.36. The van der Waals surface area contributed by atoms with E-state index in [2.05, 4.69) is 28.1 Å². The Hall–Kier alpha value is -4.15. The van der Waals surface area contributed by atoms with Crippen LogP contribution in [0.4, 0.5) is 32.0 Å². The molecule has 250 valence electrons. The van der Waals surface area contributed by atoms with Gasteiger partial charge in [-0.1, -0.05) is 111 Å². The standard InChI is InChI=1S/C38H35F6N3S/c39-37(40,41)26-21-27(38(42,43)44)23-29(22-26)46-36(48)47-35(33-20-10-14-25-12-6-8-18-31(25)33)34(45-28-15-3-1-2-4-16-28)32-19-9-13-24-11-5-7-17-30(24)32/h5-14,17-23,28,34-35,45H,1-4,15-16H2,(H2,46,47,48)/t34-,35-/m0/s1. The molecule has 0 amide bonds. The van der Waals surface area contributed by atoms with E-state index in [-0.39, 0.29) is 23.3 Å². The van der Waals surface area contributed by atoms with E-state index in [1.165, 1.54) is 0 Å². The average Bonchev–Trinajstić information content (AvgIpc) is 3.34. The molecular formula is C38H35F6N3S. The van der Waals surface area contributed by atoms with Crippen LogP contribution in [0.15, 0.2) is 103 Å². The van der Waals surface area contributed by atoms with Crippen LogP contribution >= 0.6 is 12.2 Å². The van der Waals surface area contributed by atoms with Crippen molar-refractivity contribution in [2.24, 2.45) is 0 Å². The maximum absolute atomic E-state index is 13.7. The molecule has 0 saturated heterocycles. The fourth-order valence-corrected chi connectivity index (χ4v) is 7.03. The van der Waals surface area contributed by atoms with Gasteiger partial charge in [-0.05, 0) is 75.9 Å². The first-order valence-electron chi connectivity index (χ1n) is 16.1. The average molecular weight is 680 g/mol. The summed E-state index contributed by atoms with van der Waals surface area (Å²) in [7, 11) is 0. The Morgan fingerprint density at radius 1 is 0.604 bits per heavy atom. The first-order valence-corrected chi connectivity index (χ1v) is 16.5. The van der Waals surface area contributed by atoms with Gasteiger partial charge in [0.25, 0.3) is 0 Å². The second-order valence-electron chi connectivity index (χ2n) is 12.3. The van der Waals surface area contributed by atoms with Crippen molar-refractivity contribution >= 4 is 44.6 Å². The zero-order chi connectivity index (χ0) is 33.9. The summed E-state index contributed by atoms with van der Waals surface area (Å²) in [6.45, 7) is 0. The van der Waals surface area contributed by atoms with E-state index in [0.717, 1.165) is 71.2 Å². The number of anilines is 1. The molecule has 0 aliphatic heterocycles. The van der Waals surface area contributed by atoms with Gasteiger partial charge in [0, 0.05) is 11.7 Å². The molecule has 1 aliphatic rings. The van der Waals surface area contributed by atoms with Crippen molar-refractivity contribution in [2.45, 2.75) is 69.0 Å². The highest BCUT2D eigenvalue weighted by molar-refractivity contribution is 7.80. The Kier molecular flexibility index (Phi) is 9.94. The van der Waals surface area contributed by atoms with Crippen LogP contribution in [0.2, 0.25) is 0 Å². The molecule has 2 atom stereocenters. The lowest BCUT2D eigenvalue weighted by Gasteiger charge is -2.35. The van der Waals surface area contributed by atoms with Gasteiger partial charge in [0.1, 0.15) is 0 Å². The molecule has 5 aromatic rings. The molecule has 48 heavy (non-hydrogen) atoms. The van der Waals surface area contributed by atoms with Crippen molar-refractivity contribution < 1.29 is 26.3 Å². The number of fused-ring (bicyclic) bond motifs is 2. The fourth-order valence-electron chi connectivity index (χ4n) is 6.78. The minimum atomic E-state index is -4.99. The van der Waals surface area contributed by atoms with E-state index < -0.39 is 35.2 Å². The van der Waals surface area contributed by atoms with Crippen molar-refractivity contribution in [3.63, 3.8) is 0 Å². The molecule has 3 N–H and O–H groups in total. The maximum atomic E-state index is 13.7. The maximum Gasteiger partial charge on any atom is 0.416 e.